The second-order valence-corrected chi connectivity index (χ2v) is 4.64. The van der Waals surface area contributed by atoms with Crippen molar-refractivity contribution in [2.24, 2.45) is 0 Å². The summed E-state index contributed by atoms with van der Waals surface area (Å²) in [7, 11) is 0. The molecule has 0 aromatic heterocycles. The molecule has 1 N–H and O–H groups in total. The van der Waals surface area contributed by atoms with E-state index in [-0.39, 0.29) is 0 Å². The standard InChI is InChI=1S/C14H18O2/c1-11(2)7-9-14(15)10-8-12-5-3-4-6-13(12)16-14/h3-7,15H,8-10H2,1-2H3. The molecule has 2 nitrogen and oxygen atoms in total. The highest BCUT2D eigenvalue weighted by Crippen LogP contribution is 2.33. The Bertz CT molecular complexity index is 405. The minimum Gasteiger partial charge on any atom is -0.462 e. The summed E-state index contributed by atoms with van der Waals surface area (Å²) in [6.45, 7) is 4.06. The van der Waals surface area contributed by atoms with E-state index in [1.165, 1.54) is 11.1 Å². The van der Waals surface area contributed by atoms with Gasteiger partial charge in [-0.1, -0.05) is 29.8 Å². The number of allylic oxidation sites excluding steroid dienone is 1. The number of hydrogen-bond donors (Lipinski definition) is 1. The normalized spacial score (nSPS) is 23.2. The predicted molar refractivity (Wildman–Crippen MR) is 64.4 cm³/mol. The first-order valence-electron chi connectivity index (χ1n) is 5.72. The summed E-state index contributed by atoms with van der Waals surface area (Å²) in [5.41, 5.74) is 2.39. The van der Waals surface area contributed by atoms with Crippen LogP contribution in [-0.2, 0) is 6.42 Å². The molecule has 0 saturated carbocycles. The van der Waals surface area contributed by atoms with E-state index in [0.29, 0.717) is 12.8 Å². The Kier molecular flexibility index (Phi) is 3.01. The van der Waals surface area contributed by atoms with Gasteiger partial charge in [-0.3, -0.25) is 0 Å². The number of aliphatic hydroxyl groups is 1. The average Bonchev–Trinajstić information content (AvgIpc) is 2.26. The minimum absolute atomic E-state index is 0.559. The van der Waals surface area contributed by atoms with Gasteiger partial charge in [-0.05, 0) is 31.9 Å². The quantitative estimate of drug-likeness (QED) is 0.773. The van der Waals surface area contributed by atoms with Crippen LogP contribution in [0.1, 0.15) is 32.3 Å². The van der Waals surface area contributed by atoms with E-state index in [9.17, 15) is 5.11 Å². The van der Waals surface area contributed by atoms with Crippen molar-refractivity contribution in [1.29, 1.82) is 0 Å². The molecule has 1 aliphatic rings. The van der Waals surface area contributed by atoms with Crippen molar-refractivity contribution in [2.45, 2.75) is 38.9 Å². The van der Waals surface area contributed by atoms with Crippen LogP contribution in [-0.4, -0.2) is 10.9 Å². The largest absolute Gasteiger partial charge is 0.462 e. The Morgan fingerprint density at radius 2 is 2.19 bits per heavy atom. The first kappa shape index (κ1) is 11.2. The molecule has 1 atom stereocenters. The third-order valence-electron chi connectivity index (χ3n) is 2.89. The molecule has 2 rings (SSSR count). The van der Waals surface area contributed by atoms with Crippen LogP contribution >= 0.6 is 0 Å². The van der Waals surface area contributed by atoms with Gasteiger partial charge in [0.05, 0.1) is 0 Å². The number of benzene rings is 1. The second-order valence-electron chi connectivity index (χ2n) is 4.64. The van der Waals surface area contributed by atoms with E-state index in [4.69, 9.17) is 4.74 Å². The molecule has 1 aliphatic heterocycles. The molecular weight excluding hydrogens is 200 g/mol. The summed E-state index contributed by atoms with van der Waals surface area (Å²) >= 11 is 0. The Morgan fingerprint density at radius 1 is 1.44 bits per heavy atom. The molecule has 0 spiro atoms. The fourth-order valence-electron chi connectivity index (χ4n) is 1.90. The minimum atomic E-state index is -1.02. The molecular formula is C14H18O2. The maximum absolute atomic E-state index is 10.3. The van der Waals surface area contributed by atoms with E-state index in [1.807, 2.05) is 38.1 Å². The summed E-state index contributed by atoms with van der Waals surface area (Å²) in [4.78, 5) is 0. The molecule has 86 valence electrons. The molecule has 0 aliphatic carbocycles. The third kappa shape index (κ3) is 2.45. The third-order valence-corrected chi connectivity index (χ3v) is 2.89. The van der Waals surface area contributed by atoms with Gasteiger partial charge in [-0.25, -0.2) is 0 Å². The average molecular weight is 218 g/mol. The summed E-state index contributed by atoms with van der Waals surface area (Å²) in [5, 5.41) is 10.3. The molecule has 1 aromatic rings. The highest BCUT2D eigenvalue weighted by atomic mass is 16.6. The van der Waals surface area contributed by atoms with Crippen LogP contribution in [0.25, 0.3) is 0 Å². The Labute approximate surface area is 96.6 Å². The smallest absolute Gasteiger partial charge is 0.211 e. The Morgan fingerprint density at radius 3 is 2.94 bits per heavy atom. The molecule has 1 unspecified atom stereocenters. The van der Waals surface area contributed by atoms with Crippen molar-refractivity contribution in [2.75, 3.05) is 0 Å². The van der Waals surface area contributed by atoms with Crippen LogP contribution in [0.4, 0.5) is 0 Å². The van der Waals surface area contributed by atoms with Crippen LogP contribution < -0.4 is 4.74 Å². The zero-order valence-electron chi connectivity index (χ0n) is 9.86. The Balaban J connectivity index is 2.15. The first-order chi connectivity index (χ1) is 7.59. The molecule has 2 heteroatoms. The number of hydrogen-bond acceptors (Lipinski definition) is 2. The van der Waals surface area contributed by atoms with Crippen LogP contribution in [0, 0.1) is 0 Å². The van der Waals surface area contributed by atoms with Crippen molar-refractivity contribution in [3.8, 4) is 5.75 Å². The maximum atomic E-state index is 10.3. The zero-order valence-corrected chi connectivity index (χ0v) is 9.86. The van der Waals surface area contributed by atoms with Crippen LogP contribution in [0.15, 0.2) is 35.9 Å². The monoisotopic (exact) mass is 218 g/mol. The molecule has 16 heavy (non-hydrogen) atoms. The fraction of sp³-hybridized carbons (Fsp3) is 0.429. The van der Waals surface area contributed by atoms with Gasteiger partial charge in [0.15, 0.2) is 0 Å². The van der Waals surface area contributed by atoms with Gasteiger partial charge in [0.1, 0.15) is 5.75 Å². The lowest BCUT2D eigenvalue weighted by Crippen LogP contribution is -2.38. The first-order valence-corrected chi connectivity index (χ1v) is 5.72. The Hall–Kier alpha value is -1.28. The number of aryl methyl sites for hydroxylation is 1. The summed E-state index contributed by atoms with van der Waals surface area (Å²) in [5.74, 6) is -0.204. The van der Waals surface area contributed by atoms with Gasteiger partial charge in [0.25, 0.3) is 0 Å². The molecule has 0 amide bonds. The van der Waals surface area contributed by atoms with Gasteiger partial charge in [0, 0.05) is 12.8 Å². The van der Waals surface area contributed by atoms with Crippen molar-refractivity contribution in [3.05, 3.63) is 41.5 Å². The van der Waals surface area contributed by atoms with Crippen molar-refractivity contribution in [3.63, 3.8) is 0 Å². The topological polar surface area (TPSA) is 29.5 Å². The van der Waals surface area contributed by atoms with Gasteiger partial charge < -0.3 is 9.84 Å². The highest BCUT2D eigenvalue weighted by Gasteiger charge is 2.32. The van der Waals surface area contributed by atoms with Crippen molar-refractivity contribution < 1.29 is 9.84 Å². The van der Waals surface area contributed by atoms with Crippen molar-refractivity contribution in [1.82, 2.24) is 0 Å². The second kappa shape index (κ2) is 4.30. The highest BCUT2D eigenvalue weighted by molar-refractivity contribution is 5.35. The van der Waals surface area contributed by atoms with Gasteiger partial charge in [-0.15, -0.1) is 0 Å². The van der Waals surface area contributed by atoms with Gasteiger partial charge in [-0.2, -0.15) is 0 Å². The number of ether oxygens (including phenoxy) is 1. The molecule has 0 bridgehead atoms. The molecule has 1 heterocycles. The molecule has 0 radical (unpaired) electrons. The fourth-order valence-corrected chi connectivity index (χ4v) is 1.90. The SMILES string of the molecule is CC(C)=CCC1(O)CCc2ccccc2O1. The molecule has 0 saturated heterocycles. The van der Waals surface area contributed by atoms with Crippen LogP contribution in [0.2, 0.25) is 0 Å². The predicted octanol–water partition coefficient (Wildman–Crippen LogP) is 3.06. The van der Waals surface area contributed by atoms with E-state index >= 15 is 0 Å². The lowest BCUT2D eigenvalue weighted by molar-refractivity contribution is -0.146. The molecule has 0 fully saturated rings. The summed E-state index contributed by atoms with van der Waals surface area (Å²) < 4.78 is 5.68. The van der Waals surface area contributed by atoms with E-state index < -0.39 is 5.79 Å². The van der Waals surface area contributed by atoms with Crippen LogP contribution in [0.3, 0.4) is 0 Å². The van der Waals surface area contributed by atoms with Crippen LogP contribution in [0.5, 0.6) is 5.75 Å². The summed E-state index contributed by atoms with van der Waals surface area (Å²) in [6.07, 6.45) is 4.12. The van der Waals surface area contributed by atoms with Gasteiger partial charge in [0.2, 0.25) is 5.79 Å². The summed E-state index contributed by atoms with van der Waals surface area (Å²) in [6, 6.07) is 7.91. The van der Waals surface area contributed by atoms with E-state index in [2.05, 4.69) is 6.07 Å². The lowest BCUT2D eigenvalue weighted by atomic mass is 9.97. The number of fused-ring (bicyclic) bond motifs is 1. The lowest BCUT2D eigenvalue weighted by Gasteiger charge is -2.33. The number of para-hydroxylation sites is 1. The zero-order chi connectivity index (χ0) is 11.6. The van der Waals surface area contributed by atoms with E-state index in [0.717, 1.165) is 12.2 Å². The van der Waals surface area contributed by atoms with E-state index in [1.54, 1.807) is 0 Å². The van der Waals surface area contributed by atoms with Gasteiger partial charge >= 0.3 is 0 Å². The molecule has 1 aromatic carbocycles. The number of rotatable bonds is 2. The van der Waals surface area contributed by atoms with Crippen molar-refractivity contribution >= 4 is 0 Å². The maximum Gasteiger partial charge on any atom is 0.211 e.